The summed E-state index contributed by atoms with van der Waals surface area (Å²) in [5, 5.41) is 2.10. The highest BCUT2D eigenvalue weighted by atomic mass is 127. The van der Waals surface area contributed by atoms with E-state index in [1.807, 2.05) is 6.92 Å². The second kappa shape index (κ2) is 4.36. The monoisotopic (exact) mass is 294 g/mol. The molecule has 1 aromatic heterocycles. The molecule has 0 fully saturated rings. The average molecular weight is 294 g/mol. The van der Waals surface area contributed by atoms with Gasteiger partial charge in [0.25, 0.3) is 0 Å². The van der Waals surface area contributed by atoms with Crippen LogP contribution in [0, 0.1) is 2.88 Å². The normalized spacial score (nSPS) is 12.9. The van der Waals surface area contributed by atoms with E-state index in [2.05, 4.69) is 46.0 Å². The predicted octanol–water partition coefficient (Wildman–Crippen LogP) is 2.43. The maximum atomic E-state index is 5.41. The molecule has 0 saturated carbocycles. The summed E-state index contributed by atoms with van der Waals surface area (Å²) in [6.07, 6.45) is 0. The van der Waals surface area contributed by atoms with Gasteiger partial charge in [0.2, 0.25) is 0 Å². The molecule has 2 nitrogen and oxygen atoms in total. The summed E-state index contributed by atoms with van der Waals surface area (Å²) in [6, 6.07) is 2.20. The molecule has 0 spiro atoms. The zero-order valence-corrected chi connectivity index (χ0v) is 9.78. The molecule has 0 aliphatic rings. The minimum Gasteiger partial charge on any atom is -0.271 e. The summed E-state index contributed by atoms with van der Waals surface area (Å²) in [5.41, 5.74) is 4.96. The maximum absolute atomic E-state index is 5.41. The Kier molecular flexibility index (Phi) is 3.70. The van der Waals surface area contributed by atoms with Crippen molar-refractivity contribution in [3.63, 3.8) is 0 Å². The summed E-state index contributed by atoms with van der Waals surface area (Å²) >= 11 is 4.01. The Bertz CT molecular complexity index is 282. The molecule has 0 aromatic carbocycles. The van der Waals surface area contributed by atoms with Crippen molar-refractivity contribution in [1.82, 2.24) is 5.43 Å². The van der Waals surface area contributed by atoms with Crippen LogP contribution in [0.5, 0.6) is 0 Å². The molecule has 0 saturated heterocycles. The Morgan fingerprint density at radius 1 is 1.83 bits per heavy atom. The van der Waals surface area contributed by atoms with Crippen molar-refractivity contribution in [2.24, 2.45) is 5.84 Å². The molecule has 0 radical (unpaired) electrons. The molecule has 0 aliphatic carbocycles. The highest BCUT2D eigenvalue weighted by Gasteiger charge is 2.10. The molecule has 1 heterocycles. The Labute approximate surface area is 90.0 Å². The van der Waals surface area contributed by atoms with Gasteiger partial charge in [0.05, 0.1) is 8.93 Å². The van der Waals surface area contributed by atoms with E-state index in [9.17, 15) is 0 Å². The quantitative estimate of drug-likeness (QED) is 0.389. The number of hydrazine groups is 1. The highest BCUT2D eigenvalue weighted by Crippen LogP contribution is 2.25. The fourth-order valence-electron chi connectivity index (χ4n) is 0.998. The number of hydrogen-bond acceptors (Lipinski definition) is 3. The smallest absolute Gasteiger partial charge is 0.0673 e. The van der Waals surface area contributed by atoms with E-state index in [-0.39, 0.29) is 6.04 Å². The number of halogens is 1. The van der Waals surface area contributed by atoms with Gasteiger partial charge in [0.15, 0.2) is 0 Å². The van der Waals surface area contributed by atoms with E-state index in [1.165, 1.54) is 8.45 Å². The van der Waals surface area contributed by atoms with Crippen LogP contribution in [0.15, 0.2) is 23.6 Å². The zero-order chi connectivity index (χ0) is 9.14. The summed E-state index contributed by atoms with van der Waals surface area (Å²) in [6.45, 7) is 5.84. The van der Waals surface area contributed by atoms with Crippen molar-refractivity contribution < 1.29 is 0 Å². The van der Waals surface area contributed by atoms with Gasteiger partial charge in [-0.3, -0.25) is 5.84 Å². The van der Waals surface area contributed by atoms with Crippen LogP contribution in [0.2, 0.25) is 0 Å². The summed E-state index contributed by atoms with van der Waals surface area (Å²) in [5.74, 6) is 5.41. The van der Waals surface area contributed by atoms with Crippen LogP contribution < -0.4 is 11.3 Å². The lowest BCUT2D eigenvalue weighted by molar-refractivity contribution is 0.629. The molecule has 0 bridgehead atoms. The van der Waals surface area contributed by atoms with Crippen LogP contribution in [0.25, 0.3) is 0 Å². The molecule has 0 aliphatic heterocycles. The van der Waals surface area contributed by atoms with Crippen molar-refractivity contribution in [3.05, 3.63) is 32.0 Å². The molecule has 1 unspecified atom stereocenters. The zero-order valence-electron chi connectivity index (χ0n) is 6.80. The van der Waals surface area contributed by atoms with E-state index in [1.54, 1.807) is 11.3 Å². The van der Waals surface area contributed by atoms with Crippen LogP contribution in [-0.2, 0) is 0 Å². The third-order valence-corrected chi connectivity index (χ3v) is 3.39. The lowest BCUT2D eigenvalue weighted by Crippen LogP contribution is -2.28. The maximum Gasteiger partial charge on any atom is 0.0673 e. The van der Waals surface area contributed by atoms with Gasteiger partial charge in [-0.25, -0.2) is 5.43 Å². The standard InChI is InChI=1S/C8H11IN2S/c1-5(2)8(11-10)6-3-7(9)12-4-6/h3-4,8,11H,1,10H2,2H3. The van der Waals surface area contributed by atoms with Crippen molar-refractivity contribution >= 4 is 33.9 Å². The molecule has 0 amide bonds. The first kappa shape index (κ1) is 10.2. The SMILES string of the molecule is C=C(C)C(NN)c1csc(I)c1. The fourth-order valence-corrected chi connectivity index (χ4v) is 2.40. The molecule has 3 N–H and O–H groups in total. The van der Waals surface area contributed by atoms with Gasteiger partial charge in [0, 0.05) is 0 Å². The van der Waals surface area contributed by atoms with Gasteiger partial charge in [-0.05, 0) is 46.5 Å². The Morgan fingerprint density at radius 2 is 2.50 bits per heavy atom. The summed E-state index contributed by atoms with van der Waals surface area (Å²) in [7, 11) is 0. The lowest BCUT2D eigenvalue weighted by Gasteiger charge is -2.13. The van der Waals surface area contributed by atoms with Crippen molar-refractivity contribution in [2.45, 2.75) is 13.0 Å². The first-order valence-corrected chi connectivity index (χ1v) is 5.46. The van der Waals surface area contributed by atoms with Crippen LogP contribution in [-0.4, -0.2) is 0 Å². The van der Waals surface area contributed by atoms with E-state index in [4.69, 9.17) is 5.84 Å². The summed E-state index contributed by atoms with van der Waals surface area (Å²) in [4.78, 5) is 0. The third-order valence-electron chi connectivity index (χ3n) is 1.58. The van der Waals surface area contributed by atoms with Gasteiger partial charge in [-0.15, -0.1) is 11.3 Å². The first-order chi connectivity index (χ1) is 5.65. The Hall–Kier alpha value is 0.0900. The van der Waals surface area contributed by atoms with Crippen LogP contribution in [0.3, 0.4) is 0 Å². The van der Waals surface area contributed by atoms with Crippen LogP contribution in [0.1, 0.15) is 18.5 Å². The van der Waals surface area contributed by atoms with Crippen LogP contribution >= 0.6 is 33.9 Å². The molecular formula is C8H11IN2S. The molecular weight excluding hydrogens is 283 g/mol. The Balaban J connectivity index is 2.87. The fraction of sp³-hybridized carbons (Fsp3) is 0.250. The molecule has 12 heavy (non-hydrogen) atoms. The van der Waals surface area contributed by atoms with E-state index in [0.29, 0.717) is 0 Å². The van der Waals surface area contributed by atoms with Crippen molar-refractivity contribution in [2.75, 3.05) is 0 Å². The van der Waals surface area contributed by atoms with E-state index >= 15 is 0 Å². The molecule has 1 aromatic rings. The van der Waals surface area contributed by atoms with Crippen molar-refractivity contribution in [3.8, 4) is 0 Å². The molecule has 1 atom stereocenters. The third kappa shape index (κ3) is 2.29. The number of nitrogens with two attached hydrogens (primary N) is 1. The Morgan fingerprint density at radius 3 is 2.83 bits per heavy atom. The minimum atomic E-state index is 0.0877. The molecule has 1 rings (SSSR count). The van der Waals surface area contributed by atoms with Crippen molar-refractivity contribution in [1.29, 1.82) is 0 Å². The molecule has 66 valence electrons. The minimum absolute atomic E-state index is 0.0877. The van der Waals surface area contributed by atoms with Gasteiger partial charge in [-0.1, -0.05) is 12.2 Å². The van der Waals surface area contributed by atoms with Gasteiger partial charge in [-0.2, -0.15) is 0 Å². The van der Waals surface area contributed by atoms with E-state index in [0.717, 1.165) is 5.57 Å². The highest BCUT2D eigenvalue weighted by molar-refractivity contribution is 14.1. The van der Waals surface area contributed by atoms with Gasteiger partial charge in [0.1, 0.15) is 0 Å². The first-order valence-electron chi connectivity index (χ1n) is 3.50. The number of thiophene rings is 1. The molecule has 4 heteroatoms. The average Bonchev–Trinajstić information content (AvgIpc) is 2.37. The van der Waals surface area contributed by atoms with Gasteiger partial charge >= 0.3 is 0 Å². The second-order valence-electron chi connectivity index (χ2n) is 2.63. The topological polar surface area (TPSA) is 38.0 Å². The van der Waals surface area contributed by atoms with Crippen LogP contribution in [0.4, 0.5) is 0 Å². The lowest BCUT2D eigenvalue weighted by atomic mass is 10.1. The largest absolute Gasteiger partial charge is 0.271 e. The second-order valence-corrected chi connectivity index (χ2v) is 5.44. The van der Waals surface area contributed by atoms with E-state index < -0.39 is 0 Å². The predicted molar refractivity (Wildman–Crippen MR) is 61.9 cm³/mol. The summed E-state index contributed by atoms with van der Waals surface area (Å²) < 4.78 is 1.27. The van der Waals surface area contributed by atoms with Gasteiger partial charge < -0.3 is 0 Å². The number of nitrogens with one attached hydrogen (secondary N) is 1. The number of rotatable bonds is 3. The number of hydrogen-bond donors (Lipinski definition) is 2.